The molecular formula is C15H20FNO3. The van der Waals surface area contributed by atoms with Crippen molar-refractivity contribution in [3.05, 3.63) is 35.6 Å². The van der Waals surface area contributed by atoms with Crippen molar-refractivity contribution in [2.75, 3.05) is 0 Å². The summed E-state index contributed by atoms with van der Waals surface area (Å²) in [5.74, 6) is -1.92. The Labute approximate surface area is 118 Å². The molecule has 0 saturated heterocycles. The van der Waals surface area contributed by atoms with Crippen molar-refractivity contribution in [2.45, 2.75) is 39.2 Å². The van der Waals surface area contributed by atoms with Crippen LogP contribution in [0.2, 0.25) is 0 Å². The highest BCUT2D eigenvalue weighted by Gasteiger charge is 2.21. The van der Waals surface area contributed by atoms with Crippen molar-refractivity contribution in [3.63, 3.8) is 0 Å². The molecule has 1 rings (SSSR count). The van der Waals surface area contributed by atoms with Crippen LogP contribution in [0.4, 0.5) is 4.39 Å². The van der Waals surface area contributed by atoms with E-state index in [-0.39, 0.29) is 17.6 Å². The van der Waals surface area contributed by atoms with E-state index in [9.17, 15) is 14.0 Å². The van der Waals surface area contributed by atoms with E-state index in [1.807, 2.05) is 0 Å². The van der Waals surface area contributed by atoms with Crippen LogP contribution in [0.5, 0.6) is 0 Å². The Kier molecular flexibility index (Phi) is 6.15. The van der Waals surface area contributed by atoms with Crippen molar-refractivity contribution >= 4 is 11.9 Å². The van der Waals surface area contributed by atoms with Crippen LogP contribution in [0.3, 0.4) is 0 Å². The predicted octanol–water partition coefficient (Wildman–Crippen LogP) is 2.37. The van der Waals surface area contributed by atoms with E-state index in [0.717, 1.165) is 5.56 Å². The van der Waals surface area contributed by atoms with Crippen LogP contribution in [-0.4, -0.2) is 23.0 Å². The molecule has 110 valence electrons. The number of carbonyl (C=O) groups excluding carboxylic acids is 1. The predicted molar refractivity (Wildman–Crippen MR) is 73.7 cm³/mol. The van der Waals surface area contributed by atoms with E-state index in [1.165, 1.54) is 12.1 Å². The lowest BCUT2D eigenvalue weighted by Crippen LogP contribution is -2.42. The number of aryl methyl sites for hydroxylation is 1. The summed E-state index contributed by atoms with van der Waals surface area (Å²) < 4.78 is 13.0. The number of carbonyl (C=O) groups is 2. The van der Waals surface area contributed by atoms with Gasteiger partial charge in [-0.15, -0.1) is 0 Å². The number of nitrogens with one attached hydrogen (secondary N) is 1. The maximum absolute atomic E-state index is 13.0. The van der Waals surface area contributed by atoms with Gasteiger partial charge in [0.2, 0.25) is 5.91 Å². The number of halogens is 1. The monoisotopic (exact) mass is 281 g/mol. The summed E-state index contributed by atoms with van der Waals surface area (Å²) in [5.41, 5.74) is 0.829. The first kappa shape index (κ1) is 16.1. The van der Waals surface area contributed by atoms with Gasteiger partial charge >= 0.3 is 5.97 Å². The Bertz CT molecular complexity index is 476. The molecule has 1 amide bonds. The van der Waals surface area contributed by atoms with E-state index in [2.05, 4.69) is 5.32 Å². The fourth-order valence-electron chi connectivity index (χ4n) is 1.86. The van der Waals surface area contributed by atoms with Gasteiger partial charge in [0.05, 0.1) is 0 Å². The molecule has 1 aromatic rings. The Morgan fingerprint density at radius 2 is 2.10 bits per heavy atom. The summed E-state index contributed by atoms with van der Waals surface area (Å²) in [5, 5.41) is 11.4. The molecule has 1 aromatic carbocycles. The summed E-state index contributed by atoms with van der Waals surface area (Å²) in [6.07, 6.45) is 1.47. The first-order valence-corrected chi connectivity index (χ1v) is 6.71. The van der Waals surface area contributed by atoms with Gasteiger partial charge in [-0.1, -0.05) is 26.0 Å². The van der Waals surface area contributed by atoms with Gasteiger partial charge in [-0.2, -0.15) is 0 Å². The third kappa shape index (κ3) is 4.99. The highest BCUT2D eigenvalue weighted by atomic mass is 19.1. The maximum Gasteiger partial charge on any atom is 0.326 e. The van der Waals surface area contributed by atoms with Gasteiger partial charge in [-0.25, -0.2) is 9.18 Å². The zero-order valence-electron chi connectivity index (χ0n) is 11.7. The summed E-state index contributed by atoms with van der Waals surface area (Å²) in [6.45, 7) is 3.44. The van der Waals surface area contributed by atoms with Gasteiger partial charge < -0.3 is 10.4 Å². The first-order chi connectivity index (χ1) is 9.43. The lowest BCUT2D eigenvalue weighted by molar-refractivity contribution is -0.142. The average Bonchev–Trinajstić information content (AvgIpc) is 2.41. The number of carboxylic acids is 1. The average molecular weight is 281 g/mol. The number of amides is 1. The number of aliphatic carboxylic acids is 1. The molecule has 0 saturated carbocycles. The molecule has 0 aliphatic carbocycles. The third-order valence-electron chi connectivity index (χ3n) is 3.23. The highest BCUT2D eigenvalue weighted by Crippen LogP contribution is 2.11. The van der Waals surface area contributed by atoms with E-state index < -0.39 is 12.0 Å². The van der Waals surface area contributed by atoms with Gasteiger partial charge in [0, 0.05) is 5.92 Å². The molecule has 0 fully saturated rings. The van der Waals surface area contributed by atoms with Crippen LogP contribution in [0.15, 0.2) is 24.3 Å². The van der Waals surface area contributed by atoms with Crippen molar-refractivity contribution < 1.29 is 19.1 Å². The van der Waals surface area contributed by atoms with Gasteiger partial charge in [-0.05, 0) is 37.0 Å². The van der Waals surface area contributed by atoms with Gasteiger partial charge in [0.25, 0.3) is 0 Å². The molecule has 0 aliphatic rings. The van der Waals surface area contributed by atoms with Gasteiger partial charge in [0.15, 0.2) is 0 Å². The molecule has 20 heavy (non-hydrogen) atoms. The van der Waals surface area contributed by atoms with Crippen molar-refractivity contribution in [3.8, 4) is 0 Å². The van der Waals surface area contributed by atoms with Gasteiger partial charge in [0.1, 0.15) is 11.9 Å². The Morgan fingerprint density at radius 1 is 1.40 bits per heavy atom. The number of hydrogen-bond acceptors (Lipinski definition) is 2. The Morgan fingerprint density at radius 3 is 2.65 bits per heavy atom. The fraction of sp³-hybridized carbons (Fsp3) is 0.467. The third-order valence-corrected chi connectivity index (χ3v) is 3.23. The van der Waals surface area contributed by atoms with E-state index >= 15 is 0 Å². The van der Waals surface area contributed by atoms with Crippen LogP contribution in [-0.2, 0) is 16.0 Å². The molecule has 0 aromatic heterocycles. The first-order valence-electron chi connectivity index (χ1n) is 6.71. The van der Waals surface area contributed by atoms with Crippen LogP contribution in [0.1, 0.15) is 32.3 Å². The molecule has 4 nitrogen and oxygen atoms in total. The summed E-state index contributed by atoms with van der Waals surface area (Å²) >= 11 is 0. The molecule has 2 atom stereocenters. The molecule has 0 bridgehead atoms. The highest BCUT2D eigenvalue weighted by molar-refractivity contribution is 5.84. The Hall–Kier alpha value is -1.91. The molecule has 0 radical (unpaired) electrons. The molecule has 0 heterocycles. The van der Waals surface area contributed by atoms with Crippen LogP contribution in [0, 0.1) is 11.7 Å². The zero-order valence-corrected chi connectivity index (χ0v) is 11.7. The van der Waals surface area contributed by atoms with E-state index in [1.54, 1.807) is 26.0 Å². The van der Waals surface area contributed by atoms with Crippen LogP contribution >= 0.6 is 0 Å². The number of carboxylic acid groups (broad SMARTS) is 1. The normalized spacial score (nSPS) is 13.6. The number of rotatable bonds is 7. The molecule has 2 N–H and O–H groups in total. The van der Waals surface area contributed by atoms with Crippen LogP contribution < -0.4 is 5.32 Å². The minimum absolute atomic E-state index is 0.282. The van der Waals surface area contributed by atoms with E-state index in [0.29, 0.717) is 19.3 Å². The van der Waals surface area contributed by atoms with Gasteiger partial charge in [-0.3, -0.25) is 4.79 Å². The standard InChI is InChI=1S/C15H20FNO3/c1-3-13(15(19)20)17-14(18)10(2)7-8-11-5-4-6-12(16)9-11/h4-6,9-10,13H,3,7-8H2,1-2H3,(H,17,18)(H,19,20). The lowest BCUT2D eigenvalue weighted by atomic mass is 10.00. The summed E-state index contributed by atoms with van der Waals surface area (Å²) in [4.78, 5) is 22.7. The second kappa shape index (κ2) is 7.62. The zero-order chi connectivity index (χ0) is 15.1. The lowest BCUT2D eigenvalue weighted by Gasteiger charge is -2.16. The fourth-order valence-corrected chi connectivity index (χ4v) is 1.86. The molecule has 5 heteroatoms. The van der Waals surface area contributed by atoms with Crippen molar-refractivity contribution in [1.82, 2.24) is 5.32 Å². The maximum atomic E-state index is 13.0. The molecule has 0 spiro atoms. The number of hydrogen-bond donors (Lipinski definition) is 2. The molecule has 2 unspecified atom stereocenters. The quantitative estimate of drug-likeness (QED) is 0.806. The largest absolute Gasteiger partial charge is 0.480 e. The second-order valence-corrected chi connectivity index (χ2v) is 4.88. The van der Waals surface area contributed by atoms with Crippen molar-refractivity contribution in [1.29, 1.82) is 0 Å². The SMILES string of the molecule is CCC(NC(=O)C(C)CCc1cccc(F)c1)C(=O)O. The number of benzene rings is 1. The summed E-state index contributed by atoms with van der Waals surface area (Å²) in [7, 11) is 0. The topological polar surface area (TPSA) is 66.4 Å². The molecule has 0 aliphatic heterocycles. The minimum atomic E-state index is -1.03. The van der Waals surface area contributed by atoms with E-state index in [4.69, 9.17) is 5.11 Å². The molecular weight excluding hydrogens is 261 g/mol. The summed E-state index contributed by atoms with van der Waals surface area (Å²) in [6, 6.07) is 5.40. The van der Waals surface area contributed by atoms with Crippen molar-refractivity contribution in [2.24, 2.45) is 5.92 Å². The minimum Gasteiger partial charge on any atom is -0.480 e. The Balaban J connectivity index is 2.47. The van der Waals surface area contributed by atoms with Crippen LogP contribution in [0.25, 0.3) is 0 Å². The second-order valence-electron chi connectivity index (χ2n) is 4.88. The smallest absolute Gasteiger partial charge is 0.326 e.